The van der Waals surface area contributed by atoms with E-state index in [1.807, 2.05) is 37.3 Å². The SMILES string of the molecule is CC(Cc1ccccc1)NC(=O)COc1ccc(Cl)cc1. The summed E-state index contributed by atoms with van der Waals surface area (Å²) in [6, 6.07) is 17.1. The van der Waals surface area contributed by atoms with Crippen LogP contribution >= 0.6 is 11.6 Å². The Balaban J connectivity index is 1.75. The van der Waals surface area contributed by atoms with Gasteiger partial charge >= 0.3 is 0 Å². The normalized spacial score (nSPS) is 11.7. The highest BCUT2D eigenvalue weighted by atomic mass is 35.5. The maximum atomic E-state index is 11.8. The van der Waals surface area contributed by atoms with E-state index in [9.17, 15) is 4.79 Å². The number of hydrogen-bond acceptors (Lipinski definition) is 2. The van der Waals surface area contributed by atoms with Crippen molar-refractivity contribution in [1.29, 1.82) is 0 Å². The summed E-state index contributed by atoms with van der Waals surface area (Å²) in [6.07, 6.45) is 0.799. The highest BCUT2D eigenvalue weighted by Crippen LogP contribution is 2.15. The van der Waals surface area contributed by atoms with Gasteiger partial charge in [-0.2, -0.15) is 0 Å². The number of carbonyl (C=O) groups is 1. The molecule has 3 nitrogen and oxygen atoms in total. The quantitative estimate of drug-likeness (QED) is 0.887. The van der Waals surface area contributed by atoms with E-state index in [1.165, 1.54) is 5.56 Å². The predicted octanol–water partition coefficient (Wildman–Crippen LogP) is 3.47. The highest BCUT2D eigenvalue weighted by Gasteiger charge is 2.08. The van der Waals surface area contributed by atoms with Gasteiger partial charge < -0.3 is 10.1 Å². The van der Waals surface area contributed by atoms with Crippen molar-refractivity contribution in [3.8, 4) is 5.75 Å². The Morgan fingerprint density at radius 2 is 1.81 bits per heavy atom. The molecule has 21 heavy (non-hydrogen) atoms. The molecule has 0 saturated heterocycles. The Morgan fingerprint density at radius 1 is 1.14 bits per heavy atom. The fourth-order valence-corrected chi connectivity index (χ4v) is 2.14. The van der Waals surface area contributed by atoms with E-state index < -0.39 is 0 Å². The van der Waals surface area contributed by atoms with Crippen LogP contribution in [-0.4, -0.2) is 18.6 Å². The van der Waals surface area contributed by atoms with Gasteiger partial charge in [0.15, 0.2) is 6.61 Å². The van der Waals surface area contributed by atoms with Crippen LogP contribution in [0.5, 0.6) is 5.75 Å². The number of rotatable bonds is 6. The van der Waals surface area contributed by atoms with Crippen molar-refractivity contribution in [1.82, 2.24) is 5.32 Å². The summed E-state index contributed by atoms with van der Waals surface area (Å²) < 4.78 is 5.40. The lowest BCUT2D eigenvalue weighted by atomic mass is 10.1. The van der Waals surface area contributed by atoms with Gasteiger partial charge in [-0.05, 0) is 43.2 Å². The molecular formula is C17H18ClNO2. The van der Waals surface area contributed by atoms with Crippen LogP contribution < -0.4 is 10.1 Å². The van der Waals surface area contributed by atoms with Crippen LogP contribution in [0.25, 0.3) is 0 Å². The van der Waals surface area contributed by atoms with Gasteiger partial charge in [-0.15, -0.1) is 0 Å². The van der Waals surface area contributed by atoms with Gasteiger partial charge in [0.2, 0.25) is 0 Å². The molecule has 0 radical (unpaired) electrons. The molecule has 0 aromatic heterocycles. The molecule has 0 fully saturated rings. The highest BCUT2D eigenvalue weighted by molar-refractivity contribution is 6.30. The molecule has 0 aliphatic carbocycles. The molecule has 0 aliphatic rings. The fourth-order valence-electron chi connectivity index (χ4n) is 2.01. The van der Waals surface area contributed by atoms with Crippen LogP contribution in [0.2, 0.25) is 5.02 Å². The van der Waals surface area contributed by atoms with E-state index in [0.29, 0.717) is 10.8 Å². The van der Waals surface area contributed by atoms with Crippen molar-refractivity contribution in [2.45, 2.75) is 19.4 Å². The molecule has 0 bridgehead atoms. The molecular weight excluding hydrogens is 286 g/mol. The second-order valence-corrected chi connectivity index (χ2v) is 5.34. The second kappa shape index (κ2) is 7.70. The molecule has 2 aromatic carbocycles. The smallest absolute Gasteiger partial charge is 0.258 e. The lowest BCUT2D eigenvalue weighted by molar-refractivity contribution is -0.123. The Morgan fingerprint density at radius 3 is 2.48 bits per heavy atom. The number of nitrogens with one attached hydrogen (secondary N) is 1. The predicted molar refractivity (Wildman–Crippen MR) is 84.7 cm³/mol. The molecule has 0 saturated carbocycles. The third-order valence-corrected chi connectivity index (χ3v) is 3.23. The van der Waals surface area contributed by atoms with E-state index in [-0.39, 0.29) is 18.6 Å². The minimum absolute atomic E-state index is 0.000756. The van der Waals surface area contributed by atoms with E-state index in [4.69, 9.17) is 16.3 Å². The lowest BCUT2D eigenvalue weighted by Gasteiger charge is -2.14. The Labute approximate surface area is 129 Å². The van der Waals surface area contributed by atoms with Gasteiger partial charge in [0, 0.05) is 11.1 Å². The molecule has 1 amide bonds. The van der Waals surface area contributed by atoms with Crippen molar-refractivity contribution in [3.63, 3.8) is 0 Å². The van der Waals surface area contributed by atoms with Crippen LogP contribution in [0.3, 0.4) is 0 Å². The second-order valence-electron chi connectivity index (χ2n) is 4.90. The van der Waals surface area contributed by atoms with E-state index in [2.05, 4.69) is 5.32 Å². The number of benzene rings is 2. The first kappa shape index (κ1) is 15.4. The first-order valence-electron chi connectivity index (χ1n) is 6.85. The molecule has 0 heterocycles. The largest absolute Gasteiger partial charge is 0.484 e. The van der Waals surface area contributed by atoms with Crippen molar-refractivity contribution < 1.29 is 9.53 Å². The summed E-state index contributed by atoms with van der Waals surface area (Å²) >= 11 is 5.79. The van der Waals surface area contributed by atoms with Gasteiger partial charge in [-0.3, -0.25) is 4.79 Å². The zero-order valence-corrected chi connectivity index (χ0v) is 12.6. The molecule has 0 spiro atoms. The Hall–Kier alpha value is -2.00. The summed E-state index contributed by atoms with van der Waals surface area (Å²) in [7, 11) is 0. The minimum atomic E-state index is -0.131. The zero-order chi connectivity index (χ0) is 15.1. The van der Waals surface area contributed by atoms with Gasteiger partial charge in [0.25, 0.3) is 5.91 Å². The van der Waals surface area contributed by atoms with E-state index in [1.54, 1.807) is 24.3 Å². The van der Waals surface area contributed by atoms with Crippen molar-refractivity contribution in [2.24, 2.45) is 0 Å². The Bertz CT molecular complexity index is 569. The number of amides is 1. The number of hydrogen-bond donors (Lipinski definition) is 1. The number of ether oxygens (including phenoxy) is 1. The molecule has 4 heteroatoms. The maximum absolute atomic E-state index is 11.8. The summed E-state index contributed by atoms with van der Waals surface area (Å²) in [5, 5.41) is 3.56. The van der Waals surface area contributed by atoms with Crippen molar-refractivity contribution >= 4 is 17.5 Å². The summed E-state index contributed by atoms with van der Waals surface area (Å²) in [6.45, 7) is 1.98. The van der Waals surface area contributed by atoms with Crippen LogP contribution in [0.4, 0.5) is 0 Å². The maximum Gasteiger partial charge on any atom is 0.258 e. The van der Waals surface area contributed by atoms with Crippen LogP contribution in [0.15, 0.2) is 54.6 Å². The molecule has 1 unspecified atom stereocenters. The summed E-state index contributed by atoms with van der Waals surface area (Å²) in [5.41, 5.74) is 1.20. The average molecular weight is 304 g/mol. The molecule has 2 aromatic rings. The van der Waals surface area contributed by atoms with Crippen LogP contribution in [0.1, 0.15) is 12.5 Å². The number of carbonyl (C=O) groups excluding carboxylic acids is 1. The van der Waals surface area contributed by atoms with Crippen LogP contribution in [-0.2, 0) is 11.2 Å². The topological polar surface area (TPSA) is 38.3 Å². The third-order valence-electron chi connectivity index (χ3n) is 2.98. The first-order chi connectivity index (χ1) is 10.1. The monoisotopic (exact) mass is 303 g/mol. The molecule has 1 N–H and O–H groups in total. The average Bonchev–Trinajstić information content (AvgIpc) is 2.47. The number of halogens is 1. The minimum Gasteiger partial charge on any atom is -0.484 e. The Kier molecular flexibility index (Phi) is 5.64. The lowest BCUT2D eigenvalue weighted by Crippen LogP contribution is -2.37. The van der Waals surface area contributed by atoms with E-state index in [0.717, 1.165) is 6.42 Å². The summed E-state index contributed by atoms with van der Waals surface area (Å²) in [5.74, 6) is 0.499. The first-order valence-corrected chi connectivity index (χ1v) is 7.23. The van der Waals surface area contributed by atoms with Crippen molar-refractivity contribution in [2.75, 3.05) is 6.61 Å². The molecule has 1 atom stereocenters. The molecule has 0 aliphatic heterocycles. The van der Waals surface area contributed by atoms with Gasteiger partial charge in [-0.25, -0.2) is 0 Å². The molecule has 2 rings (SSSR count). The van der Waals surface area contributed by atoms with Gasteiger partial charge in [-0.1, -0.05) is 41.9 Å². The van der Waals surface area contributed by atoms with Crippen molar-refractivity contribution in [3.05, 3.63) is 65.2 Å². The van der Waals surface area contributed by atoms with Gasteiger partial charge in [0.05, 0.1) is 0 Å². The standard InChI is InChI=1S/C17H18ClNO2/c1-13(11-14-5-3-2-4-6-14)19-17(20)12-21-16-9-7-15(18)8-10-16/h2-10,13H,11-12H2,1H3,(H,19,20). The van der Waals surface area contributed by atoms with E-state index >= 15 is 0 Å². The van der Waals surface area contributed by atoms with Crippen LogP contribution in [0, 0.1) is 0 Å². The van der Waals surface area contributed by atoms with Gasteiger partial charge in [0.1, 0.15) is 5.75 Å². The third kappa shape index (κ3) is 5.48. The fraction of sp³-hybridized carbons (Fsp3) is 0.235. The summed E-state index contributed by atoms with van der Waals surface area (Å²) in [4.78, 5) is 11.8. The zero-order valence-electron chi connectivity index (χ0n) is 11.9. The molecule has 110 valence electrons.